The first-order valence-electron chi connectivity index (χ1n) is 5.57. The fourth-order valence-electron chi connectivity index (χ4n) is 1.83. The topological polar surface area (TPSA) is 24.9 Å². The molecule has 0 aliphatic carbocycles. The Hall–Kier alpha value is -0.910. The summed E-state index contributed by atoms with van der Waals surface area (Å²) in [6, 6.07) is 10.9. The molecule has 0 aliphatic heterocycles. The summed E-state index contributed by atoms with van der Waals surface area (Å²) in [5.41, 5.74) is 4.09. The molecule has 5 heteroatoms. The van der Waals surface area contributed by atoms with E-state index in [1.165, 1.54) is 13.4 Å². The number of nitrogens with one attached hydrogen (secondary N) is 1. The van der Waals surface area contributed by atoms with Crippen LogP contribution in [-0.4, -0.2) is 4.98 Å². The van der Waals surface area contributed by atoms with Crippen LogP contribution in [0.3, 0.4) is 0 Å². The second kappa shape index (κ2) is 4.99. The number of nitrogens with zero attached hydrogens (tertiary/aromatic N) is 1. The molecule has 2 nitrogen and oxygen atoms in total. The maximum Gasteiger partial charge on any atom is 0.0813 e. The van der Waals surface area contributed by atoms with Crippen molar-refractivity contribution in [3.63, 3.8) is 0 Å². The van der Waals surface area contributed by atoms with Gasteiger partial charge in [0.1, 0.15) is 0 Å². The molecule has 92 valence electrons. The third kappa shape index (κ3) is 2.43. The Morgan fingerprint density at radius 2 is 2.17 bits per heavy atom. The minimum absolute atomic E-state index is 0.312. The second-order valence-corrected chi connectivity index (χ2v) is 7.42. The van der Waals surface area contributed by atoms with Crippen molar-refractivity contribution in [2.45, 2.75) is 13.0 Å². The van der Waals surface area contributed by atoms with E-state index in [0.717, 1.165) is 11.2 Å². The quantitative estimate of drug-likeness (QED) is 0.701. The van der Waals surface area contributed by atoms with Crippen molar-refractivity contribution < 1.29 is 0 Å². The van der Waals surface area contributed by atoms with Crippen LogP contribution in [0.2, 0.25) is 0 Å². The van der Waals surface area contributed by atoms with Gasteiger partial charge in [0.15, 0.2) is 0 Å². The summed E-state index contributed by atoms with van der Waals surface area (Å²) in [4.78, 5) is 5.61. The Morgan fingerprint density at radius 1 is 1.28 bits per heavy atom. The van der Waals surface area contributed by atoms with Crippen LogP contribution in [0.1, 0.15) is 17.8 Å². The highest BCUT2D eigenvalue weighted by molar-refractivity contribution is 9.11. The van der Waals surface area contributed by atoms with Crippen LogP contribution in [0.5, 0.6) is 0 Å². The molecule has 0 fully saturated rings. The molecule has 3 rings (SSSR count). The molecule has 0 amide bonds. The van der Waals surface area contributed by atoms with Crippen LogP contribution < -0.4 is 5.32 Å². The van der Waals surface area contributed by atoms with E-state index in [4.69, 9.17) is 0 Å². The summed E-state index contributed by atoms with van der Waals surface area (Å²) in [5, 5.41) is 3.52. The van der Waals surface area contributed by atoms with Gasteiger partial charge in [-0.05, 0) is 53.2 Å². The van der Waals surface area contributed by atoms with E-state index in [9.17, 15) is 0 Å². The molecule has 2 aromatic heterocycles. The van der Waals surface area contributed by atoms with Gasteiger partial charge in [-0.1, -0.05) is 0 Å². The highest BCUT2D eigenvalue weighted by Gasteiger charge is 2.08. The predicted molar refractivity (Wildman–Crippen MR) is 83.7 cm³/mol. The third-order valence-corrected chi connectivity index (χ3v) is 5.33. The SMILES string of the molecule is CC(Nc1ccc2ncsc2c1)c1ccc(Br)s1. The van der Waals surface area contributed by atoms with Gasteiger partial charge in [-0.15, -0.1) is 22.7 Å². The Kier molecular flexibility index (Phi) is 3.37. The Morgan fingerprint density at radius 3 is 2.94 bits per heavy atom. The Balaban J connectivity index is 1.83. The minimum Gasteiger partial charge on any atom is -0.378 e. The summed E-state index contributed by atoms with van der Waals surface area (Å²) < 4.78 is 2.39. The number of halogens is 1. The van der Waals surface area contributed by atoms with Crippen molar-refractivity contribution in [2.24, 2.45) is 0 Å². The lowest BCUT2D eigenvalue weighted by Crippen LogP contribution is -2.04. The van der Waals surface area contributed by atoms with Gasteiger partial charge < -0.3 is 5.32 Å². The molecule has 18 heavy (non-hydrogen) atoms. The van der Waals surface area contributed by atoms with Gasteiger partial charge in [0.25, 0.3) is 0 Å². The molecule has 0 saturated carbocycles. The van der Waals surface area contributed by atoms with Crippen LogP contribution in [0.4, 0.5) is 5.69 Å². The van der Waals surface area contributed by atoms with Crippen LogP contribution in [0, 0.1) is 0 Å². The average Bonchev–Trinajstić information content (AvgIpc) is 2.96. The van der Waals surface area contributed by atoms with Gasteiger partial charge in [0.05, 0.1) is 25.6 Å². The van der Waals surface area contributed by atoms with Gasteiger partial charge in [0, 0.05) is 10.6 Å². The van der Waals surface area contributed by atoms with E-state index in [-0.39, 0.29) is 0 Å². The molecule has 0 bridgehead atoms. The first kappa shape index (κ1) is 12.1. The average molecular weight is 339 g/mol. The fraction of sp³-hybridized carbons (Fsp3) is 0.154. The van der Waals surface area contributed by atoms with Crippen molar-refractivity contribution in [3.8, 4) is 0 Å². The number of anilines is 1. The number of thiazole rings is 1. The fourth-order valence-corrected chi connectivity index (χ4v) is 3.97. The molecule has 1 aromatic carbocycles. The van der Waals surface area contributed by atoms with E-state index in [1.54, 1.807) is 22.7 Å². The number of hydrogen-bond acceptors (Lipinski definition) is 4. The van der Waals surface area contributed by atoms with Crippen molar-refractivity contribution >= 4 is 54.5 Å². The molecule has 3 aromatic rings. The zero-order valence-corrected chi connectivity index (χ0v) is 12.9. The molecule has 0 aliphatic rings. The van der Waals surface area contributed by atoms with Crippen LogP contribution in [0.15, 0.2) is 39.6 Å². The lowest BCUT2D eigenvalue weighted by atomic mass is 10.2. The number of thiophene rings is 1. The first-order valence-corrected chi connectivity index (χ1v) is 8.06. The summed E-state index contributed by atoms with van der Waals surface area (Å²) in [6.45, 7) is 2.18. The zero-order chi connectivity index (χ0) is 12.5. The van der Waals surface area contributed by atoms with Crippen molar-refractivity contribution in [1.82, 2.24) is 4.98 Å². The van der Waals surface area contributed by atoms with Gasteiger partial charge in [-0.25, -0.2) is 4.98 Å². The second-order valence-electron chi connectivity index (χ2n) is 4.04. The van der Waals surface area contributed by atoms with Crippen molar-refractivity contribution in [1.29, 1.82) is 0 Å². The van der Waals surface area contributed by atoms with Gasteiger partial charge in [-0.3, -0.25) is 0 Å². The predicted octanol–water partition coefficient (Wildman–Crippen LogP) is 5.29. The number of fused-ring (bicyclic) bond motifs is 1. The summed E-state index contributed by atoms with van der Waals surface area (Å²) in [5.74, 6) is 0. The highest BCUT2D eigenvalue weighted by atomic mass is 79.9. The van der Waals surface area contributed by atoms with Gasteiger partial charge in [-0.2, -0.15) is 0 Å². The Labute approximate surface area is 122 Å². The molecule has 1 N–H and O–H groups in total. The maximum absolute atomic E-state index is 4.29. The maximum atomic E-state index is 4.29. The molecular weight excluding hydrogens is 328 g/mol. The molecule has 0 radical (unpaired) electrons. The number of rotatable bonds is 3. The van der Waals surface area contributed by atoms with Crippen LogP contribution >= 0.6 is 38.6 Å². The van der Waals surface area contributed by atoms with E-state index in [0.29, 0.717) is 6.04 Å². The smallest absolute Gasteiger partial charge is 0.0813 e. The number of aromatic nitrogens is 1. The van der Waals surface area contributed by atoms with Gasteiger partial charge >= 0.3 is 0 Å². The van der Waals surface area contributed by atoms with E-state index in [2.05, 4.69) is 63.5 Å². The molecule has 2 heterocycles. The zero-order valence-electron chi connectivity index (χ0n) is 9.68. The number of benzene rings is 1. The lowest BCUT2D eigenvalue weighted by Gasteiger charge is -2.13. The lowest BCUT2D eigenvalue weighted by molar-refractivity contribution is 0.909. The summed E-state index contributed by atoms with van der Waals surface area (Å²) >= 11 is 6.93. The van der Waals surface area contributed by atoms with E-state index in [1.807, 2.05) is 5.51 Å². The molecule has 0 spiro atoms. The third-order valence-electron chi connectivity index (χ3n) is 2.74. The van der Waals surface area contributed by atoms with E-state index >= 15 is 0 Å². The first-order chi connectivity index (χ1) is 8.72. The standard InChI is InChI=1S/C13H11BrN2S2/c1-8(11-4-5-13(14)18-11)16-9-2-3-10-12(6-9)17-7-15-10/h2-8,16H,1H3. The van der Waals surface area contributed by atoms with E-state index < -0.39 is 0 Å². The Bertz CT molecular complexity index is 674. The summed E-state index contributed by atoms with van der Waals surface area (Å²) in [7, 11) is 0. The van der Waals surface area contributed by atoms with Crippen molar-refractivity contribution in [3.05, 3.63) is 44.5 Å². The van der Waals surface area contributed by atoms with Gasteiger partial charge in [0.2, 0.25) is 0 Å². The number of hydrogen-bond donors (Lipinski definition) is 1. The monoisotopic (exact) mass is 338 g/mol. The highest BCUT2D eigenvalue weighted by Crippen LogP contribution is 2.30. The van der Waals surface area contributed by atoms with Crippen LogP contribution in [0.25, 0.3) is 10.2 Å². The van der Waals surface area contributed by atoms with Crippen molar-refractivity contribution in [2.75, 3.05) is 5.32 Å². The molecular formula is C13H11BrN2S2. The van der Waals surface area contributed by atoms with Crippen LogP contribution in [-0.2, 0) is 0 Å². The molecule has 0 saturated heterocycles. The largest absolute Gasteiger partial charge is 0.378 e. The minimum atomic E-state index is 0.312. The summed E-state index contributed by atoms with van der Waals surface area (Å²) in [6.07, 6.45) is 0. The molecule has 1 unspecified atom stereocenters. The molecule has 1 atom stereocenters. The normalized spacial score (nSPS) is 12.8.